The Morgan fingerprint density at radius 1 is 1.29 bits per heavy atom. The smallest absolute Gasteiger partial charge is 0.125 e. The summed E-state index contributed by atoms with van der Waals surface area (Å²) in [6.45, 7) is 0. The number of nitrogens with zero attached hydrogens (tertiary/aromatic N) is 1. The van der Waals surface area contributed by atoms with Gasteiger partial charge in [-0.05, 0) is 18.2 Å². The number of H-pyrrole nitrogens is 1. The molecule has 2 aromatic rings. The third-order valence-corrected chi connectivity index (χ3v) is 1.94. The van der Waals surface area contributed by atoms with Crippen molar-refractivity contribution in [2.24, 2.45) is 0 Å². The normalized spacial score (nSPS) is 10.0. The number of aromatic amines is 1. The van der Waals surface area contributed by atoms with Crippen molar-refractivity contribution in [1.82, 2.24) is 10.2 Å². The van der Waals surface area contributed by atoms with Crippen LogP contribution < -0.4 is 0 Å². The first kappa shape index (κ1) is 8.50. The lowest BCUT2D eigenvalue weighted by Crippen LogP contribution is -2.01. The van der Waals surface area contributed by atoms with E-state index in [2.05, 4.69) is 10.2 Å². The molecule has 0 unspecified atom stereocenters. The van der Waals surface area contributed by atoms with Crippen molar-refractivity contribution in [3.63, 3.8) is 0 Å². The fourth-order valence-electron chi connectivity index (χ4n) is 1.23. The van der Waals surface area contributed by atoms with Crippen LogP contribution in [0.4, 0.5) is 0 Å². The van der Waals surface area contributed by atoms with Gasteiger partial charge in [-0.25, -0.2) is 0 Å². The highest BCUT2D eigenvalue weighted by Gasteiger charge is 2.09. The minimum Gasteiger partial charge on any atom is -0.507 e. The average molecular weight is 187 g/mol. The Labute approximate surface area is 80.7 Å². The number of para-hydroxylation sites is 1. The first-order chi connectivity index (χ1) is 6.79. The Hall–Kier alpha value is -2.10. The van der Waals surface area contributed by atoms with Crippen molar-refractivity contribution in [2.45, 2.75) is 0 Å². The third kappa shape index (κ3) is 1.37. The van der Waals surface area contributed by atoms with Gasteiger partial charge in [0.15, 0.2) is 0 Å². The molecule has 0 spiro atoms. The predicted octanol–water partition coefficient (Wildman–Crippen LogP) is 1.53. The molecule has 0 aliphatic rings. The highest BCUT2D eigenvalue weighted by Crippen LogP contribution is 2.18. The number of benzene rings is 1. The molecule has 0 aliphatic heterocycles. The second kappa shape index (κ2) is 3.33. The van der Waals surface area contributed by atoms with Gasteiger partial charge in [0.1, 0.15) is 5.75 Å². The number of hydrogen-bond donors (Lipinski definition) is 3. The summed E-state index contributed by atoms with van der Waals surface area (Å²) < 4.78 is 0. The number of aromatic hydroxyl groups is 1. The molecule has 4 nitrogen and oxygen atoms in total. The van der Waals surface area contributed by atoms with Crippen molar-refractivity contribution >= 4 is 5.71 Å². The molecule has 2 rings (SSSR count). The van der Waals surface area contributed by atoms with Gasteiger partial charge in [-0.15, -0.1) is 0 Å². The molecule has 3 N–H and O–H groups in total. The molecule has 70 valence electrons. The number of hydrogen-bond acceptors (Lipinski definition) is 3. The fourth-order valence-corrected chi connectivity index (χ4v) is 1.23. The van der Waals surface area contributed by atoms with Crippen molar-refractivity contribution in [3.05, 3.63) is 47.8 Å². The molecule has 1 aromatic heterocycles. The summed E-state index contributed by atoms with van der Waals surface area (Å²) in [6.07, 6.45) is 1.57. The minimum absolute atomic E-state index is 0.104. The standard InChI is InChI=1S/C10H9N3O/c11-10(8-5-6-12-13-8)7-3-1-2-4-9(7)14/h1-6,11,14H,(H,12,13). The summed E-state index contributed by atoms with van der Waals surface area (Å²) in [7, 11) is 0. The van der Waals surface area contributed by atoms with E-state index in [-0.39, 0.29) is 11.5 Å². The molecule has 0 saturated carbocycles. The monoisotopic (exact) mass is 187 g/mol. The van der Waals surface area contributed by atoms with Crippen LogP contribution in [0.2, 0.25) is 0 Å². The first-order valence-electron chi connectivity index (χ1n) is 4.15. The number of nitrogens with one attached hydrogen (secondary N) is 2. The minimum atomic E-state index is 0.104. The zero-order valence-electron chi connectivity index (χ0n) is 7.36. The summed E-state index contributed by atoms with van der Waals surface area (Å²) in [4.78, 5) is 0. The third-order valence-electron chi connectivity index (χ3n) is 1.94. The fraction of sp³-hybridized carbons (Fsp3) is 0. The maximum Gasteiger partial charge on any atom is 0.125 e. The van der Waals surface area contributed by atoms with E-state index in [1.165, 1.54) is 0 Å². The largest absolute Gasteiger partial charge is 0.507 e. The van der Waals surface area contributed by atoms with Crippen LogP contribution >= 0.6 is 0 Å². The van der Waals surface area contributed by atoms with E-state index in [1.54, 1.807) is 36.5 Å². The zero-order chi connectivity index (χ0) is 9.97. The van der Waals surface area contributed by atoms with Gasteiger partial charge in [0, 0.05) is 11.8 Å². The molecular weight excluding hydrogens is 178 g/mol. The summed E-state index contributed by atoms with van der Waals surface area (Å²) in [6, 6.07) is 8.44. The number of rotatable bonds is 2. The SMILES string of the molecule is N=C(c1ccn[nH]1)c1ccccc1O. The van der Waals surface area contributed by atoms with E-state index in [0.717, 1.165) is 0 Å². The van der Waals surface area contributed by atoms with Crippen molar-refractivity contribution in [3.8, 4) is 5.75 Å². The van der Waals surface area contributed by atoms with E-state index < -0.39 is 0 Å². The van der Waals surface area contributed by atoms with Crippen LogP contribution in [0.1, 0.15) is 11.3 Å². The highest BCUT2D eigenvalue weighted by atomic mass is 16.3. The molecule has 0 atom stereocenters. The zero-order valence-corrected chi connectivity index (χ0v) is 7.36. The quantitative estimate of drug-likeness (QED) is 0.624. The first-order valence-corrected chi connectivity index (χ1v) is 4.15. The van der Waals surface area contributed by atoms with Crippen LogP contribution in [-0.4, -0.2) is 21.0 Å². The summed E-state index contributed by atoms with van der Waals surface area (Å²) in [5, 5.41) is 23.7. The van der Waals surface area contributed by atoms with E-state index >= 15 is 0 Å². The Kier molecular flexibility index (Phi) is 2.02. The van der Waals surface area contributed by atoms with Crippen molar-refractivity contribution in [2.75, 3.05) is 0 Å². The molecule has 0 fully saturated rings. The number of phenolic OH excluding ortho intramolecular Hbond substituents is 1. The van der Waals surface area contributed by atoms with Gasteiger partial charge in [0.2, 0.25) is 0 Å². The molecule has 0 saturated heterocycles. The van der Waals surface area contributed by atoms with E-state index in [1.807, 2.05) is 0 Å². The van der Waals surface area contributed by atoms with Crippen LogP contribution in [0.3, 0.4) is 0 Å². The second-order valence-electron chi connectivity index (χ2n) is 2.86. The van der Waals surface area contributed by atoms with Crippen LogP contribution in [0.5, 0.6) is 5.75 Å². The van der Waals surface area contributed by atoms with Crippen LogP contribution in [0.25, 0.3) is 0 Å². The maximum absolute atomic E-state index is 9.50. The topological polar surface area (TPSA) is 72.8 Å². The van der Waals surface area contributed by atoms with Crippen LogP contribution in [0.15, 0.2) is 36.5 Å². The Morgan fingerprint density at radius 2 is 2.07 bits per heavy atom. The van der Waals surface area contributed by atoms with E-state index in [0.29, 0.717) is 11.3 Å². The highest BCUT2D eigenvalue weighted by molar-refractivity contribution is 6.11. The van der Waals surface area contributed by atoms with Gasteiger partial charge < -0.3 is 5.11 Å². The van der Waals surface area contributed by atoms with Crippen LogP contribution in [-0.2, 0) is 0 Å². The van der Waals surface area contributed by atoms with Gasteiger partial charge in [-0.1, -0.05) is 12.1 Å². The summed E-state index contributed by atoms with van der Waals surface area (Å²) >= 11 is 0. The molecule has 0 amide bonds. The van der Waals surface area contributed by atoms with Crippen LogP contribution in [0, 0.1) is 5.41 Å². The van der Waals surface area contributed by atoms with Gasteiger partial charge in [0.25, 0.3) is 0 Å². The van der Waals surface area contributed by atoms with E-state index in [4.69, 9.17) is 5.41 Å². The molecular formula is C10H9N3O. The Bertz CT molecular complexity index is 448. The Morgan fingerprint density at radius 3 is 2.71 bits per heavy atom. The van der Waals surface area contributed by atoms with Crippen molar-refractivity contribution in [1.29, 1.82) is 5.41 Å². The molecule has 0 radical (unpaired) electrons. The lowest BCUT2D eigenvalue weighted by molar-refractivity contribution is 0.474. The molecule has 1 heterocycles. The van der Waals surface area contributed by atoms with Gasteiger partial charge in [-0.3, -0.25) is 10.5 Å². The lowest BCUT2D eigenvalue weighted by Gasteiger charge is -2.03. The lowest BCUT2D eigenvalue weighted by atomic mass is 10.1. The van der Waals surface area contributed by atoms with Crippen molar-refractivity contribution < 1.29 is 5.11 Å². The maximum atomic E-state index is 9.50. The average Bonchev–Trinajstić information content (AvgIpc) is 2.70. The number of aromatic nitrogens is 2. The molecule has 14 heavy (non-hydrogen) atoms. The van der Waals surface area contributed by atoms with Gasteiger partial charge in [0.05, 0.1) is 11.4 Å². The predicted molar refractivity (Wildman–Crippen MR) is 52.6 cm³/mol. The van der Waals surface area contributed by atoms with E-state index in [9.17, 15) is 5.11 Å². The molecule has 4 heteroatoms. The molecule has 0 aliphatic carbocycles. The van der Waals surface area contributed by atoms with Gasteiger partial charge in [-0.2, -0.15) is 5.10 Å². The summed E-state index contributed by atoms with van der Waals surface area (Å²) in [5.41, 5.74) is 1.32. The number of phenols is 1. The summed E-state index contributed by atoms with van der Waals surface area (Å²) in [5.74, 6) is 0.104. The molecule has 1 aromatic carbocycles. The molecule has 0 bridgehead atoms. The van der Waals surface area contributed by atoms with Gasteiger partial charge >= 0.3 is 0 Å². The Balaban J connectivity index is 2.42. The second-order valence-corrected chi connectivity index (χ2v) is 2.86.